The van der Waals surface area contributed by atoms with Gasteiger partial charge in [-0.1, -0.05) is 31.8 Å². The zero-order valence-electron chi connectivity index (χ0n) is 26.8. The number of ether oxygens (including phenoxy) is 2. The van der Waals surface area contributed by atoms with E-state index in [1.807, 2.05) is 19.1 Å². The highest BCUT2D eigenvalue weighted by atomic mass is 28.3. The summed E-state index contributed by atoms with van der Waals surface area (Å²) in [5.74, 6) is 1.46. The Hall–Kier alpha value is -4.17. The molecule has 0 radical (unpaired) electrons. The van der Waals surface area contributed by atoms with Crippen LogP contribution in [0.25, 0.3) is 33.8 Å². The van der Waals surface area contributed by atoms with Crippen molar-refractivity contribution in [2.45, 2.75) is 70.7 Å². The Morgan fingerprint density at radius 3 is 2.50 bits per heavy atom. The van der Waals surface area contributed by atoms with Crippen molar-refractivity contribution in [3.05, 3.63) is 65.1 Å². The Balaban J connectivity index is 1.37. The van der Waals surface area contributed by atoms with Crippen LogP contribution in [0.5, 0.6) is 5.88 Å². The van der Waals surface area contributed by atoms with Gasteiger partial charge in [0, 0.05) is 45.8 Å². The first kappa shape index (κ1) is 31.8. The fraction of sp³-hybridized carbons (Fsp3) is 0.438. The Morgan fingerprint density at radius 1 is 1.07 bits per heavy atom. The second-order valence-electron chi connectivity index (χ2n) is 13.0. The summed E-state index contributed by atoms with van der Waals surface area (Å²) in [5.41, 5.74) is 5.23. The number of nitrogens with zero attached hydrogens (tertiary/aromatic N) is 8. The molecule has 5 aromatic rings. The molecule has 6 rings (SSSR count). The van der Waals surface area contributed by atoms with E-state index in [1.54, 1.807) is 31.1 Å². The number of hydrogen-bond acceptors (Lipinski definition) is 8. The van der Waals surface area contributed by atoms with Crippen molar-refractivity contribution in [2.24, 2.45) is 7.05 Å². The normalized spacial score (nSPS) is 13.9. The summed E-state index contributed by atoms with van der Waals surface area (Å²) in [6.07, 6.45) is 2.27. The van der Waals surface area contributed by atoms with Crippen molar-refractivity contribution in [3.8, 4) is 28.7 Å². The van der Waals surface area contributed by atoms with Crippen molar-refractivity contribution < 1.29 is 22.6 Å². The number of aromatic nitrogens is 8. The van der Waals surface area contributed by atoms with Gasteiger partial charge in [0.25, 0.3) is 0 Å². The predicted molar refractivity (Wildman–Crippen MR) is 170 cm³/mol. The minimum Gasteiger partial charge on any atom is -0.480 e. The number of rotatable bonds is 11. The van der Waals surface area contributed by atoms with Gasteiger partial charge < -0.3 is 14.0 Å². The molecule has 1 fully saturated rings. The van der Waals surface area contributed by atoms with Gasteiger partial charge >= 0.3 is 6.18 Å². The van der Waals surface area contributed by atoms with Crippen LogP contribution in [0.15, 0.2) is 36.9 Å². The number of imidazole rings is 1. The molecule has 0 saturated heterocycles. The molecule has 0 N–H and O–H groups in total. The van der Waals surface area contributed by atoms with Gasteiger partial charge in [-0.2, -0.15) is 18.3 Å². The molecule has 14 heteroatoms. The van der Waals surface area contributed by atoms with Gasteiger partial charge in [0.2, 0.25) is 5.88 Å². The molecule has 1 saturated carbocycles. The lowest BCUT2D eigenvalue weighted by molar-refractivity contribution is -0.140. The second-order valence-corrected chi connectivity index (χ2v) is 18.6. The summed E-state index contributed by atoms with van der Waals surface area (Å²) < 4.78 is 54.7. The van der Waals surface area contributed by atoms with Gasteiger partial charge in [-0.15, -0.1) is 0 Å². The molecule has 0 unspecified atom stereocenters. The van der Waals surface area contributed by atoms with E-state index in [9.17, 15) is 13.2 Å². The van der Waals surface area contributed by atoms with E-state index in [-0.39, 0.29) is 12.6 Å². The molecule has 0 atom stereocenters. The van der Waals surface area contributed by atoms with E-state index in [2.05, 4.69) is 34.6 Å². The van der Waals surface area contributed by atoms with Crippen LogP contribution in [0, 0.1) is 6.92 Å². The maximum Gasteiger partial charge on any atom is 0.434 e. The molecule has 4 aromatic heterocycles. The Bertz CT molecular complexity index is 1890. The Morgan fingerprint density at radius 2 is 1.85 bits per heavy atom. The summed E-state index contributed by atoms with van der Waals surface area (Å²) >= 11 is 0. The molecular formula is C32H37F3N8O2Si. The van der Waals surface area contributed by atoms with Crippen LogP contribution in [0.4, 0.5) is 13.2 Å². The molecule has 0 bridgehead atoms. The standard InChI is InChI=1S/C32H37F3N8O2Si/c1-19-13-22(30-39-25(16-42(30)2)32(33,34)35)10-9-21(19)14-23-28-24(43(41-23)18-45-11-12-46(4,5)6)15-36-29(40-28)26-27(20-7-8-20)37-17-38-31(26)44-3/h9-10,13,15-17,20H,7-8,11-12,14,18H2,1-6H3. The van der Waals surface area contributed by atoms with Crippen LogP contribution in [0.3, 0.4) is 0 Å². The highest BCUT2D eigenvalue weighted by Crippen LogP contribution is 2.45. The van der Waals surface area contributed by atoms with Crippen molar-refractivity contribution in [3.63, 3.8) is 0 Å². The number of benzene rings is 1. The maximum absolute atomic E-state index is 13.3. The van der Waals surface area contributed by atoms with E-state index < -0.39 is 19.9 Å². The summed E-state index contributed by atoms with van der Waals surface area (Å²) in [7, 11) is 1.86. The second kappa shape index (κ2) is 12.2. The minimum atomic E-state index is -4.51. The van der Waals surface area contributed by atoms with Crippen LogP contribution < -0.4 is 4.74 Å². The molecule has 1 aliphatic carbocycles. The monoisotopic (exact) mass is 650 g/mol. The molecule has 1 aromatic carbocycles. The number of methoxy groups -OCH3 is 1. The maximum atomic E-state index is 13.3. The number of halogens is 3. The van der Waals surface area contributed by atoms with Crippen molar-refractivity contribution in [1.82, 2.24) is 39.3 Å². The topological polar surface area (TPSA) is 106 Å². The molecule has 10 nitrogen and oxygen atoms in total. The van der Waals surface area contributed by atoms with Crippen LogP contribution >= 0.6 is 0 Å². The summed E-state index contributed by atoms with van der Waals surface area (Å²) in [4.78, 5) is 22.5. The molecule has 4 heterocycles. The van der Waals surface area contributed by atoms with E-state index in [0.717, 1.165) is 53.1 Å². The van der Waals surface area contributed by atoms with E-state index in [1.165, 1.54) is 10.9 Å². The van der Waals surface area contributed by atoms with Gasteiger partial charge in [0.1, 0.15) is 35.5 Å². The molecule has 0 aliphatic heterocycles. The zero-order chi connectivity index (χ0) is 32.8. The third-order valence-electron chi connectivity index (χ3n) is 8.12. The molecule has 1 aliphatic rings. The lowest BCUT2D eigenvalue weighted by Crippen LogP contribution is -2.22. The summed E-state index contributed by atoms with van der Waals surface area (Å²) in [6, 6.07) is 6.58. The van der Waals surface area contributed by atoms with E-state index >= 15 is 0 Å². The number of alkyl halides is 3. The third kappa shape index (κ3) is 6.68. The fourth-order valence-electron chi connectivity index (χ4n) is 5.39. The average molecular weight is 651 g/mol. The smallest absolute Gasteiger partial charge is 0.434 e. The van der Waals surface area contributed by atoms with Gasteiger partial charge in [-0.3, -0.25) is 0 Å². The molecule has 0 amide bonds. The fourth-order valence-corrected chi connectivity index (χ4v) is 6.15. The SMILES string of the molecule is COc1ncnc(C2CC2)c1-c1ncc2c(n1)c(Cc1ccc(-c3nc(C(F)(F)F)cn3C)cc1C)nn2COCC[Si](C)(C)C. The van der Waals surface area contributed by atoms with E-state index in [0.29, 0.717) is 47.3 Å². The molecule has 242 valence electrons. The van der Waals surface area contributed by atoms with Gasteiger partial charge in [-0.05, 0) is 43.0 Å². The lowest BCUT2D eigenvalue weighted by atomic mass is 10.0. The van der Waals surface area contributed by atoms with Crippen LogP contribution in [-0.4, -0.2) is 61.1 Å². The Kier molecular flexibility index (Phi) is 8.44. The summed E-state index contributed by atoms with van der Waals surface area (Å²) in [5, 5.41) is 4.93. The average Bonchev–Trinajstić information content (AvgIpc) is 3.69. The minimum absolute atomic E-state index is 0.245. The molecular weight excluding hydrogens is 613 g/mol. The largest absolute Gasteiger partial charge is 0.480 e. The Labute approximate surface area is 266 Å². The van der Waals surface area contributed by atoms with Gasteiger partial charge in [0.05, 0.1) is 24.7 Å². The first-order valence-corrected chi connectivity index (χ1v) is 18.9. The van der Waals surface area contributed by atoms with Crippen LogP contribution in [-0.2, 0) is 31.1 Å². The van der Waals surface area contributed by atoms with Crippen LogP contribution in [0.2, 0.25) is 25.7 Å². The van der Waals surface area contributed by atoms with Crippen molar-refractivity contribution in [1.29, 1.82) is 0 Å². The first-order valence-electron chi connectivity index (χ1n) is 15.2. The number of aryl methyl sites for hydroxylation is 2. The highest BCUT2D eigenvalue weighted by molar-refractivity contribution is 6.76. The quantitative estimate of drug-likeness (QED) is 0.114. The lowest BCUT2D eigenvalue weighted by Gasteiger charge is -2.15. The highest BCUT2D eigenvalue weighted by Gasteiger charge is 2.35. The van der Waals surface area contributed by atoms with E-state index in [4.69, 9.17) is 24.5 Å². The first-order chi connectivity index (χ1) is 21.8. The zero-order valence-corrected chi connectivity index (χ0v) is 27.8. The van der Waals surface area contributed by atoms with Crippen molar-refractivity contribution >= 4 is 19.1 Å². The number of hydrogen-bond donors (Lipinski definition) is 0. The van der Waals surface area contributed by atoms with Crippen LogP contribution in [0.1, 0.15) is 47.0 Å². The third-order valence-corrected chi connectivity index (χ3v) is 9.82. The van der Waals surface area contributed by atoms with Gasteiger partial charge in [0.15, 0.2) is 11.5 Å². The summed E-state index contributed by atoms with van der Waals surface area (Å²) in [6.45, 7) is 9.75. The molecule has 0 spiro atoms. The van der Waals surface area contributed by atoms with Gasteiger partial charge in [-0.25, -0.2) is 29.6 Å². The molecule has 46 heavy (non-hydrogen) atoms. The van der Waals surface area contributed by atoms with Crippen molar-refractivity contribution in [2.75, 3.05) is 13.7 Å². The number of fused-ring (bicyclic) bond motifs is 1. The predicted octanol–water partition coefficient (Wildman–Crippen LogP) is 6.80.